The summed E-state index contributed by atoms with van der Waals surface area (Å²) in [5, 5.41) is 4.04. The Balaban J connectivity index is 1.51. The van der Waals surface area contributed by atoms with Gasteiger partial charge in [-0.3, -0.25) is 4.79 Å². The number of aryl methyl sites for hydroxylation is 1. The van der Waals surface area contributed by atoms with Gasteiger partial charge in [-0.1, -0.05) is 30.3 Å². The molecule has 0 saturated heterocycles. The number of aromatic nitrogens is 1. The van der Waals surface area contributed by atoms with Gasteiger partial charge in [-0.15, -0.1) is 0 Å². The molecule has 0 spiro atoms. The number of nitrogens with one attached hydrogen (secondary N) is 2. The van der Waals surface area contributed by atoms with Gasteiger partial charge in [0.2, 0.25) is 5.91 Å². The van der Waals surface area contributed by atoms with Gasteiger partial charge in [0, 0.05) is 23.6 Å². The fourth-order valence-electron chi connectivity index (χ4n) is 2.83. The van der Waals surface area contributed by atoms with Crippen molar-refractivity contribution in [2.24, 2.45) is 0 Å². The lowest BCUT2D eigenvalue weighted by molar-refractivity contribution is -0.120. The predicted octanol–water partition coefficient (Wildman–Crippen LogP) is 3.47. The highest BCUT2D eigenvalue weighted by Gasteiger charge is 2.09. The van der Waals surface area contributed by atoms with Crippen LogP contribution >= 0.6 is 0 Å². The van der Waals surface area contributed by atoms with Crippen LogP contribution in [0.15, 0.2) is 54.7 Å². The zero-order valence-corrected chi connectivity index (χ0v) is 13.8. The minimum absolute atomic E-state index is 0.0479. The molecule has 0 aliphatic carbocycles. The van der Waals surface area contributed by atoms with Crippen molar-refractivity contribution < 1.29 is 9.53 Å². The zero-order chi connectivity index (χ0) is 16.8. The van der Waals surface area contributed by atoms with Gasteiger partial charge in [0.05, 0.1) is 13.5 Å². The third-order valence-electron chi connectivity index (χ3n) is 4.13. The second-order valence-corrected chi connectivity index (χ2v) is 5.84. The Morgan fingerprint density at radius 2 is 2.00 bits per heavy atom. The van der Waals surface area contributed by atoms with E-state index in [2.05, 4.69) is 22.4 Å². The Morgan fingerprint density at radius 3 is 2.79 bits per heavy atom. The summed E-state index contributed by atoms with van der Waals surface area (Å²) >= 11 is 0. The van der Waals surface area contributed by atoms with Crippen molar-refractivity contribution >= 4 is 16.8 Å². The van der Waals surface area contributed by atoms with Crippen molar-refractivity contribution in [3.63, 3.8) is 0 Å². The SMILES string of the molecule is COc1ccc2[nH]cc(CC(=O)NCCCc3ccccc3)c2c1. The van der Waals surface area contributed by atoms with Crippen LogP contribution in [0.5, 0.6) is 5.75 Å². The van der Waals surface area contributed by atoms with Gasteiger partial charge in [0.15, 0.2) is 0 Å². The van der Waals surface area contributed by atoms with Crippen LogP contribution in [0.1, 0.15) is 17.5 Å². The van der Waals surface area contributed by atoms with Crippen molar-refractivity contribution in [1.29, 1.82) is 0 Å². The first-order valence-corrected chi connectivity index (χ1v) is 8.21. The molecule has 3 aromatic rings. The number of aromatic amines is 1. The minimum atomic E-state index is 0.0479. The van der Waals surface area contributed by atoms with Crippen molar-refractivity contribution in [3.8, 4) is 5.75 Å². The first-order chi connectivity index (χ1) is 11.8. The van der Waals surface area contributed by atoms with Gasteiger partial charge in [0.1, 0.15) is 5.75 Å². The van der Waals surface area contributed by atoms with Crippen LogP contribution in [0.4, 0.5) is 0 Å². The molecular formula is C20H22N2O2. The first-order valence-electron chi connectivity index (χ1n) is 8.21. The summed E-state index contributed by atoms with van der Waals surface area (Å²) in [6.45, 7) is 0.694. The maximum atomic E-state index is 12.2. The highest BCUT2D eigenvalue weighted by Crippen LogP contribution is 2.23. The number of fused-ring (bicyclic) bond motifs is 1. The van der Waals surface area contributed by atoms with Crippen LogP contribution in [-0.4, -0.2) is 24.5 Å². The molecule has 0 aliphatic rings. The molecule has 1 aromatic heterocycles. The van der Waals surface area contributed by atoms with Crippen molar-refractivity contribution in [1.82, 2.24) is 10.3 Å². The molecule has 0 bridgehead atoms. The summed E-state index contributed by atoms with van der Waals surface area (Å²) in [6, 6.07) is 16.2. The number of ether oxygens (including phenoxy) is 1. The summed E-state index contributed by atoms with van der Waals surface area (Å²) in [6.07, 6.45) is 4.19. The number of benzene rings is 2. The lowest BCUT2D eigenvalue weighted by atomic mass is 10.1. The Morgan fingerprint density at radius 1 is 1.17 bits per heavy atom. The quantitative estimate of drug-likeness (QED) is 0.655. The van der Waals surface area contributed by atoms with E-state index in [1.54, 1.807) is 7.11 Å². The molecule has 3 rings (SSSR count). The highest BCUT2D eigenvalue weighted by molar-refractivity contribution is 5.89. The molecule has 2 N–H and O–H groups in total. The number of hydrogen-bond acceptors (Lipinski definition) is 2. The molecular weight excluding hydrogens is 300 g/mol. The van der Waals surface area contributed by atoms with E-state index in [4.69, 9.17) is 4.74 Å². The van der Waals surface area contributed by atoms with Crippen LogP contribution in [0.3, 0.4) is 0 Å². The average Bonchev–Trinajstić information content (AvgIpc) is 3.01. The standard InChI is InChI=1S/C20H22N2O2/c1-24-17-9-10-19-18(13-17)16(14-22-19)12-20(23)21-11-5-8-15-6-3-2-4-7-15/h2-4,6-7,9-10,13-14,22H,5,8,11-12H2,1H3,(H,21,23). The molecule has 0 saturated carbocycles. The second kappa shape index (κ2) is 7.68. The number of hydrogen-bond donors (Lipinski definition) is 2. The summed E-state index contributed by atoms with van der Waals surface area (Å²) in [4.78, 5) is 15.4. The lowest BCUT2D eigenvalue weighted by Gasteiger charge is -2.06. The number of rotatable bonds is 7. The predicted molar refractivity (Wildman–Crippen MR) is 96.3 cm³/mol. The monoisotopic (exact) mass is 322 g/mol. The van der Waals surface area contributed by atoms with Crippen molar-refractivity contribution in [2.75, 3.05) is 13.7 Å². The molecule has 0 atom stereocenters. The number of H-pyrrole nitrogens is 1. The van der Waals surface area contributed by atoms with E-state index >= 15 is 0 Å². The molecule has 1 heterocycles. The number of methoxy groups -OCH3 is 1. The molecule has 0 unspecified atom stereocenters. The fourth-order valence-corrected chi connectivity index (χ4v) is 2.83. The molecule has 2 aromatic carbocycles. The van der Waals surface area contributed by atoms with E-state index in [1.165, 1.54) is 5.56 Å². The Kier molecular flexibility index (Phi) is 5.16. The molecule has 0 radical (unpaired) electrons. The van der Waals surface area contributed by atoms with Gasteiger partial charge in [-0.05, 0) is 42.2 Å². The van der Waals surface area contributed by atoms with E-state index in [0.717, 1.165) is 35.1 Å². The Hall–Kier alpha value is -2.75. The molecule has 0 aliphatic heterocycles. The van der Waals surface area contributed by atoms with Crippen LogP contribution < -0.4 is 10.1 Å². The highest BCUT2D eigenvalue weighted by atomic mass is 16.5. The minimum Gasteiger partial charge on any atom is -0.497 e. The molecule has 0 fully saturated rings. The first kappa shape index (κ1) is 16.1. The van der Waals surface area contributed by atoms with Crippen LogP contribution in [0.25, 0.3) is 10.9 Å². The van der Waals surface area contributed by atoms with E-state index in [0.29, 0.717) is 13.0 Å². The second-order valence-electron chi connectivity index (χ2n) is 5.84. The number of carbonyl (C=O) groups is 1. The number of amides is 1. The van der Waals surface area contributed by atoms with E-state index in [1.807, 2.05) is 42.6 Å². The van der Waals surface area contributed by atoms with E-state index in [-0.39, 0.29) is 5.91 Å². The van der Waals surface area contributed by atoms with Crippen molar-refractivity contribution in [3.05, 3.63) is 65.9 Å². The third kappa shape index (κ3) is 3.96. The maximum absolute atomic E-state index is 12.2. The van der Waals surface area contributed by atoms with Gasteiger partial charge in [0.25, 0.3) is 0 Å². The Bertz CT molecular complexity index is 809. The molecule has 24 heavy (non-hydrogen) atoms. The maximum Gasteiger partial charge on any atom is 0.224 e. The smallest absolute Gasteiger partial charge is 0.224 e. The summed E-state index contributed by atoms with van der Waals surface area (Å²) in [5.41, 5.74) is 3.31. The van der Waals surface area contributed by atoms with Gasteiger partial charge in [-0.25, -0.2) is 0 Å². The average molecular weight is 322 g/mol. The normalized spacial score (nSPS) is 10.7. The summed E-state index contributed by atoms with van der Waals surface area (Å²) in [7, 11) is 1.65. The van der Waals surface area contributed by atoms with E-state index in [9.17, 15) is 4.79 Å². The largest absolute Gasteiger partial charge is 0.497 e. The summed E-state index contributed by atoms with van der Waals surface area (Å²) < 4.78 is 5.26. The Labute approximate surface area is 141 Å². The summed E-state index contributed by atoms with van der Waals surface area (Å²) in [5.74, 6) is 0.846. The lowest BCUT2D eigenvalue weighted by Crippen LogP contribution is -2.26. The fraction of sp³-hybridized carbons (Fsp3) is 0.250. The van der Waals surface area contributed by atoms with Gasteiger partial charge < -0.3 is 15.0 Å². The van der Waals surface area contributed by atoms with Crippen molar-refractivity contribution in [2.45, 2.75) is 19.3 Å². The van der Waals surface area contributed by atoms with Crippen LogP contribution in [0.2, 0.25) is 0 Å². The molecule has 4 nitrogen and oxygen atoms in total. The molecule has 1 amide bonds. The third-order valence-corrected chi connectivity index (χ3v) is 4.13. The zero-order valence-electron chi connectivity index (χ0n) is 13.8. The molecule has 4 heteroatoms. The number of carbonyl (C=O) groups excluding carboxylic acids is 1. The van der Waals surface area contributed by atoms with Gasteiger partial charge >= 0.3 is 0 Å². The topological polar surface area (TPSA) is 54.1 Å². The van der Waals surface area contributed by atoms with Crippen LogP contribution in [0, 0.1) is 0 Å². The van der Waals surface area contributed by atoms with Crippen LogP contribution in [-0.2, 0) is 17.6 Å². The molecule has 124 valence electrons. The van der Waals surface area contributed by atoms with Gasteiger partial charge in [-0.2, -0.15) is 0 Å². The van der Waals surface area contributed by atoms with E-state index < -0.39 is 0 Å².